The van der Waals surface area contributed by atoms with Gasteiger partial charge in [-0.15, -0.1) is 0 Å². The van der Waals surface area contributed by atoms with Crippen LogP contribution < -0.4 is 4.72 Å². The molecule has 2 N–H and O–H groups in total. The molecule has 0 spiro atoms. The molecule has 164 valence electrons. The highest BCUT2D eigenvalue weighted by molar-refractivity contribution is 7.92. The van der Waals surface area contributed by atoms with Crippen molar-refractivity contribution in [3.05, 3.63) is 29.8 Å². The second-order valence-corrected chi connectivity index (χ2v) is 11.3. The van der Waals surface area contributed by atoms with Crippen molar-refractivity contribution < 1.29 is 13.5 Å². The lowest BCUT2D eigenvalue weighted by Gasteiger charge is -2.45. The summed E-state index contributed by atoms with van der Waals surface area (Å²) in [4.78, 5) is 2.50. The van der Waals surface area contributed by atoms with Gasteiger partial charge >= 0.3 is 0 Å². The quantitative estimate of drug-likeness (QED) is 0.697. The number of nitrogens with one attached hydrogen (secondary N) is 1. The fourth-order valence-corrected chi connectivity index (χ4v) is 5.73. The first-order chi connectivity index (χ1) is 13.7. The van der Waals surface area contributed by atoms with Crippen LogP contribution in [-0.2, 0) is 15.4 Å². The van der Waals surface area contributed by atoms with Gasteiger partial charge in [0.2, 0.25) is 10.0 Å². The lowest BCUT2D eigenvalue weighted by Crippen LogP contribution is -2.48. The maximum absolute atomic E-state index is 11.6. The minimum absolute atomic E-state index is 0.0215. The molecule has 1 heterocycles. The van der Waals surface area contributed by atoms with Gasteiger partial charge in [-0.2, -0.15) is 0 Å². The molecule has 2 fully saturated rings. The van der Waals surface area contributed by atoms with E-state index in [1.807, 2.05) is 12.1 Å². The van der Waals surface area contributed by atoms with Gasteiger partial charge in [0.25, 0.3) is 0 Å². The third kappa shape index (κ3) is 5.96. The molecule has 3 rings (SSSR count). The highest BCUT2D eigenvalue weighted by Gasteiger charge is 2.38. The van der Waals surface area contributed by atoms with Crippen LogP contribution in [0, 0.1) is 11.8 Å². The number of likely N-dealkylation sites (tertiary alicyclic amines) is 1. The summed E-state index contributed by atoms with van der Waals surface area (Å²) in [7, 11) is -3.27. The van der Waals surface area contributed by atoms with Crippen molar-refractivity contribution in [2.75, 3.05) is 30.6 Å². The van der Waals surface area contributed by atoms with E-state index in [0.29, 0.717) is 17.5 Å². The van der Waals surface area contributed by atoms with Crippen LogP contribution in [-0.4, -0.2) is 50.4 Å². The van der Waals surface area contributed by atoms with Crippen LogP contribution >= 0.6 is 0 Å². The van der Waals surface area contributed by atoms with Crippen molar-refractivity contribution in [1.82, 2.24) is 4.90 Å². The number of benzene rings is 1. The Morgan fingerprint density at radius 1 is 1.28 bits per heavy atom. The Balaban J connectivity index is 1.58. The van der Waals surface area contributed by atoms with E-state index in [4.69, 9.17) is 0 Å². The first-order valence-electron chi connectivity index (χ1n) is 11.2. The molecule has 0 bridgehead atoms. The number of sulfonamides is 1. The summed E-state index contributed by atoms with van der Waals surface area (Å²) in [6.45, 7) is 7.58. The molecular weight excluding hydrogens is 384 g/mol. The van der Waals surface area contributed by atoms with Crippen LogP contribution in [0.3, 0.4) is 0 Å². The van der Waals surface area contributed by atoms with Crippen molar-refractivity contribution in [2.45, 2.75) is 70.3 Å². The van der Waals surface area contributed by atoms with Crippen molar-refractivity contribution in [3.63, 3.8) is 0 Å². The second-order valence-electron chi connectivity index (χ2n) is 9.58. The molecule has 0 amide bonds. The number of hydrogen-bond donors (Lipinski definition) is 2. The van der Waals surface area contributed by atoms with Crippen LogP contribution in [0.5, 0.6) is 0 Å². The predicted molar refractivity (Wildman–Crippen MR) is 120 cm³/mol. The Kier molecular flexibility index (Phi) is 7.28. The van der Waals surface area contributed by atoms with E-state index in [0.717, 1.165) is 32.5 Å². The monoisotopic (exact) mass is 422 g/mol. The maximum atomic E-state index is 11.6. The predicted octanol–water partition coefficient (Wildman–Crippen LogP) is 3.99. The van der Waals surface area contributed by atoms with E-state index in [2.05, 4.69) is 29.5 Å². The van der Waals surface area contributed by atoms with Gasteiger partial charge in [-0.3, -0.25) is 4.72 Å². The van der Waals surface area contributed by atoms with Crippen LogP contribution in [0.4, 0.5) is 5.69 Å². The van der Waals surface area contributed by atoms with Crippen molar-refractivity contribution in [1.29, 1.82) is 0 Å². The first-order valence-corrected chi connectivity index (χ1v) is 13.1. The van der Waals surface area contributed by atoms with E-state index in [-0.39, 0.29) is 11.5 Å². The van der Waals surface area contributed by atoms with Crippen LogP contribution in [0.2, 0.25) is 0 Å². The number of nitrogens with zero attached hydrogens (tertiary/aromatic N) is 1. The Morgan fingerprint density at radius 2 is 2.00 bits per heavy atom. The van der Waals surface area contributed by atoms with Gasteiger partial charge in [0.15, 0.2) is 0 Å². The van der Waals surface area contributed by atoms with E-state index >= 15 is 0 Å². The van der Waals surface area contributed by atoms with Crippen LogP contribution in [0.15, 0.2) is 24.3 Å². The highest BCUT2D eigenvalue weighted by Crippen LogP contribution is 2.40. The fraction of sp³-hybridized carbons (Fsp3) is 0.739. The topological polar surface area (TPSA) is 69.6 Å². The molecule has 2 aliphatic rings. The molecule has 1 saturated carbocycles. The summed E-state index contributed by atoms with van der Waals surface area (Å²) in [6.07, 6.45) is 9.19. The number of piperidine rings is 1. The second kappa shape index (κ2) is 9.36. The molecule has 29 heavy (non-hydrogen) atoms. The Hall–Kier alpha value is -1.11. The van der Waals surface area contributed by atoms with Gasteiger partial charge in [0.05, 0.1) is 12.4 Å². The van der Waals surface area contributed by atoms with Crippen molar-refractivity contribution in [3.8, 4) is 0 Å². The third-order valence-electron chi connectivity index (χ3n) is 7.33. The van der Waals surface area contributed by atoms with Gasteiger partial charge in [-0.05, 0) is 67.2 Å². The van der Waals surface area contributed by atoms with Gasteiger partial charge in [0, 0.05) is 18.8 Å². The third-order valence-corrected chi connectivity index (χ3v) is 7.93. The molecule has 6 heteroatoms. The number of aliphatic hydroxyl groups excluding tert-OH is 1. The molecule has 1 aromatic carbocycles. The molecule has 2 unspecified atom stereocenters. The SMILES string of the molecule is CC1CN(CC[C@H](O)C2CCCCC2)CCC1(C)c1cccc(NS(C)(=O)=O)c1. The normalized spacial score (nSPS) is 28.2. The minimum atomic E-state index is -3.27. The lowest BCUT2D eigenvalue weighted by molar-refractivity contribution is 0.0502. The zero-order chi connectivity index (χ0) is 21.1. The van der Waals surface area contributed by atoms with Crippen LogP contribution in [0.25, 0.3) is 0 Å². The molecule has 3 atom stereocenters. The summed E-state index contributed by atoms with van der Waals surface area (Å²) in [5.74, 6) is 0.956. The van der Waals surface area contributed by atoms with Gasteiger partial charge in [-0.25, -0.2) is 8.42 Å². The summed E-state index contributed by atoms with van der Waals surface area (Å²) in [5.41, 5.74) is 1.85. The highest BCUT2D eigenvalue weighted by atomic mass is 32.2. The van der Waals surface area contributed by atoms with E-state index in [1.165, 1.54) is 43.9 Å². The Labute approximate surface area is 176 Å². The number of aliphatic hydroxyl groups is 1. The molecule has 0 aromatic heterocycles. The smallest absolute Gasteiger partial charge is 0.229 e. The largest absolute Gasteiger partial charge is 0.393 e. The fourth-order valence-electron chi connectivity index (χ4n) is 5.17. The van der Waals surface area contributed by atoms with E-state index in [9.17, 15) is 13.5 Å². The van der Waals surface area contributed by atoms with E-state index in [1.54, 1.807) is 6.07 Å². The minimum Gasteiger partial charge on any atom is -0.393 e. The Morgan fingerprint density at radius 3 is 2.66 bits per heavy atom. The first kappa shape index (κ1) is 22.6. The molecular formula is C23H38N2O3S. The van der Waals surface area contributed by atoms with E-state index < -0.39 is 10.0 Å². The molecule has 0 radical (unpaired) electrons. The van der Waals surface area contributed by atoms with Gasteiger partial charge in [-0.1, -0.05) is 45.2 Å². The van der Waals surface area contributed by atoms with Gasteiger partial charge in [0.1, 0.15) is 0 Å². The van der Waals surface area contributed by atoms with Crippen molar-refractivity contribution >= 4 is 15.7 Å². The summed E-state index contributed by atoms with van der Waals surface area (Å²) < 4.78 is 25.8. The average Bonchev–Trinajstić information content (AvgIpc) is 2.68. The molecule has 1 aliphatic carbocycles. The molecule has 1 saturated heterocycles. The average molecular weight is 423 g/mol. The van der Waals surface area contributed by atoms with Crippen LogP contribution in [0.1, 0.15) is 64.4 Å². The lowest BCUT2D eigenvalue weighted by atomic mass is 9.68. The summed E-state index contributed by atoms with van der Waals surface area (Å²) in [5, 5.41) is 10.6. The number of rotatable bonds is 7. The number of anilines is 1. The van der Waals surface area contributed by atoms with Gasteiger partial charge < -0.3 is 10.0 Å². The van der Waals surface area contributed by atoms with Crippen molar-refractivity contribution in [2.24, 2.45) is 11.8 Å². The summed E-state index contributed by atoms with van der Waals surface area (Å²) in [6, 6.07) is 7.85. The number of hydrogen-bond acceptors (Lipinski definition) is 4. The molecule has 1 aromatic rings. The molecule has 5 nitrogen and oxygen atoms in total. The maximum Gasteiger partial charge on any atom is 0.229 e. The Bertz CT molecular complexity index is 776. The summed E-state index contributed by atoms with van der Waals surface area (Å²) >= 11 is 0. The zero-order valence-electron chi connectivity index (χ0n) is 18.2. The molecule has 1 aliphatic heterocycles. The standard InChI is InChI=1S/C23H38N2O3S/c1-18-17-25(14-12-22(26)19-8-5-4-6-9-19)15-13-23(18,2)20-10-7-11-21(16-20)24-29(3,27)28/h7,10-11,16,18-19,22,24,26H,4-6,8-9,12-15,17H2,1-3H3/t18?,22-,23?/m0/s1. The zero-order valence-corrected chi connectivity index (χ0v) is 19.0.